The second kappa shape index (κ2) is 6.30. The maximum absolute atomic E-state index is 10.5. The summed E-state index contributed by atoms with van der Waals surface area (Å²) in [4.78, 5) is 19.3. The van der Waals surface area contributed by atoms with Crippen LogP contribution in [0.2, 0.25) is 0 Å². The van der Waals surface area contributed by atoms with Gasteiger partial charge >= 0.3 is 12.1 Å². The molecule has 0 rings (SSSR count). The van der Waals surface area contributed by atoms with E-state index in [1.165, 1.54) is 12.1 Å². The lowest BCUT2D eigenvalue weighted by atomic mass is 9.89. The van der Waals surface area contributed by atoms with Crippen LogP contribution in [0.15, 0.2) is 0 Å². The molecular weight excluding hydrogens is 216 g/mol. The molecule has 0 saturated carbocycles. The number of nitriles is 2. The average Bonchev–Trinajstić information content (AvgIpc) is 2.18. The predicted molar refractivity (Wildman–Crippen MR) is 51.2 cm³/mol. The van der Waals surface area contributed by atoms with Crippen molar-refractivity contribution >= 4 is 0 Å². The number of nitrogens with zero attached hydrogens (tertiary/aromatic N) is 4. The summed E-state index contributed by atoms with van der Waals surface area (Å²) in [6.45, 7) is 1.68. The second-order valence-electron chi connectivity index (χ2n) is 3.17. The van der Waals surface area contributed by atoms with Gasteiger partial charge in [-0.1, -0.05) is 13.3 Å². The van der Waals surface area contributed by atoms with Crippen molar-refractivity contribution in [1.29, 1.82) is 10.5 Å². The largest absolute Gasteiger partial charge is 0.307 e. The zero-order chi connectivity index (χ0) is 12.7. The van der Waals surface area contributed by atoms with Crippen molar-refractivity contribution in [2.24, 2.45) is 5.92 Å². The van der Waals surface area contributed by atoms with Crippen molar-refractivity contribution in [3.05, 3.63) is 20.2 Å². The molecule has 0 radical (unpaired) electrons. The van der Waals surface area contributed by atoms with Gasteiger partial charge in [-0.2, -0.15) is 10.5 Å². The molecule has 3 atom stereocenters. The second-order valence-corrected chi connectivity index (χ2v) is 3.17. The summed E-state index contributed by atoms with van der Waals surface area (Å²) < 4.78 is 0. The maximum atomic E-state index is 10.5. The van der Waals surface area contributed by atoms with E-state index in [1.54, 1.807) is 6.92 Å². The monoisotopic (exact) mass is 226 g/mol. The molecule has 16 heavy (non-hydrogen) atoms. The van der Waals surface area contributed by atoms with Crippen molar-refractivity contribution in [1.82, 2.24) is 0 Å². The molecule has 0 aromatic heterocycles. The Morgan fingerprint density at radius 1 is 1.12 bits per heavy atom. The molecule has 0 fully saturated rings. The Bertz CT molecular complexity index is 324. The lowest BCUT2D eigenvalue weighted by molar-refractivity contribution is -0.557. The lowest BCUT2D eigenvalue weighted by Gasteiger charge is -2.14. The molecule has 86 valence electrons. The Morgan fingerprint density at radius 3 is 1.69 bits per heavy atom. The number of hydrogen-bond acceptors (Lipinski definition) is 6. The summed E-state index contributed by atoms with van der Waals surface area (Å²) in [5.74, 6) is -1.18. The quantitative estimate of drug-likeness (QED) is 0.484. The van der Waals surface area contributed by atoms with Crippen LogP contribution in [0.1, 0.15) is 19.8 Å². The summed E-state index contributed by atoms with van der Waals surface area (Å²) in [6, 6.07) is -0.623. The van der Waals surface area contributed by atoms with Crippen LogP contribution in [0.4, 0.5) is 0 Å². The molecule has 8 heteroatoms. The Morgan fingerprint density at radius 2 is 1.50 bits per heavy atom. The van der Waals surface area contributed by atoms with Gasteiger partial charge in [-0.25, -0.2) is 0 Å². The summed E-state index contributed by atoms with van der Waals surface area (Å²) in [6.07, 6.45) is 0.529. The third-order valence-electron chi connectivity index (χ3n) is 2.15. The molecule has 0 aliphatic rings. The van der Waals surface area contributed by atoms with E-state index >= 15 is 0 Å². The maximum Gasteiger partial charge on any atom is 0.307 e. The first-order valence-electron chi connectivity index (χ1n) is 4.55. The van der Waals surface area contributed by atoms with Crippen LogP contribution in [-0.2, 0) is 0 Å². The van der Waals surface area contributed by atoms with Crippen LogP contribution in [-0.4, -0.2) is 21.9 Å². The highest BCUT2D eigenvalue weighted by Crippen LogP contribution is 2.20. The first-order chi connectivity index (χ1) is 7.49. The van der Waals surface area contributed by atoms with E-state index in [0.717, 1.165) is 0 Å². The van der Waals surface area contributed by atoms with Crippen LogP contribution < -0.4 is 0 Å². The van der Waals surface area contributed by atoms with E-state index in [2.05, 4.69) is 0 Å². The first-order valence-corrected chi connectivity index (χ1v) is 4.55. The normalized spacial score (nSPS) is 15.2. The van der Waals surface area contributed by atoms with E-state index in [4.69, 9.17) is 10.5 Å². The van der Waals surface area contributed by atoms with Crippen LogP contribution in [0.3, 0.4) is 0 Å². The van der Waals surface area contributed by atoms with Crippen molar-refractivity contribution in [3.8, 4) is 12.1 Å². The molecule has 0 bridgehead atoms. The molecule has 0 spiro atoms. The van der Waals surface area contributed by atoms with Crippen molar-refractivity contribution in [3.63, 3.8) is 0 Å². The number of hydrogen-bond donors (Lipinski definition) is 0. The highest BCUT2D eigenvalue weighted by Gasteiger charge is 2.43. The molecular formula is C8H10N4O4. The fourth-order valence-corrected chi connectivity index (χ4v) is 1.42. The van der Waals surface area contributed by atoms with Gasteiger partial charge in [0, 0.05) is 9.85 Å². The van der Waals surface area contributed by atoms with Gasteiger partial charge in [0.25, 0.3) is 0 Å². The summed E-state index contributed by atoms with van der Waals surface area (Å²) in [5.41, 5.74) is 0. The van der Waals surface area contributed by atoms with E-state index in [1.807, 2.05) is 0 Å². The third kappa shape index (κ3) is 3.17. The van der Waals surface area contributed by atoms with Crippen LogP contribution in [0.5, 0.6) is 0 Å². The molecule has 1 unspecified atom stereocenters. The Hall–Kier alpha value is -2.22. The fraction of sp³-hybridized carbons (Fsp3) is 0.750. The third-order valence-corrected chi connectivity index (χ3v) is 2.15. The summed E-state index contributed by atoms with van der Waals surface area (Å²) >= 11 is 0. The number of nitro groups is 2. The van der Waals surface area contributed by atoms with Crippen molar-refractivity contribution in [2.75, 3.05) is 0 Å². The minimum absolute atomic E-state index is 0.0956. The van der Waals surface area contributed by atoms with Gasteiger partial charge in [-0.3, -0.25) is 20.2 Å². The van der Waals surface area contributed by atoms with E-state index < -0.39 is 27.8 Å². The highest BCUT2D eigenvalue weighted by molar-refractivity contribution is 4.99. The average molecular weight is 226 g/mol. The first kappa shape index (κ1) is 13.8. The molecule has 0 aliphatic heterocycles. The Kier molecular flexibility index (Phi) is 5.42. The van der Waals surface area contributed by atoms with Crippen LogP contribution >= 0.6 is 0 Å². The van der Waals surface area contributed by atoms with Crippen LogP contribution in [0.25, 0.3) is 0 Å². The molecule has 0 N–H and O–H groups in total. The number of rotatable bonds is 6. The smallest absolute Gasteiger partial charge is 0.263 e. The Balaban J connectivity index is 5.13. The SMILES string of the molecule is CCCC([C@@H](C#N)[N+](=O)[O-])[C@H](C#N)[N+](=O)[O-]. The highest BCUT2D eigenvalue weighted by atomic mass is 16.6. The van der Waals surface area contributed by atoms with Crippen molar-refractivity contribution in [2.45, 2.75) is 31.8 Å². The van der Waals surface area contributed by atoms with Crippen molar-refractivity contribution < 1.29 is 9.85 Å². The predicted octanol–water partition coefficient (Wildman–Crippen LogP) is 0.740. The molecule has 0 amide bonds. The minimum atomic E-state index is -1.71. The molecule has 8 nitrogen and oxygen atoms in total. The standard InChI is InChI=1S/C8H10N4O4/c1-2-3-6(7(4-9)11(13)14)8(5-10)12(15)16/h6-8H,2-3H2,1H3/t6?,7-,8+. The van der Waals surface area contributed by atoms with Gasteiger partial charge in [-0.15, -0.1) is 0 Å². The zero-order valence-corrected chi connectivity index (χ0v) is 8.57. The van der Waals surface area contributed by atoms with Crippen LogP contribution in [0, 0.1) is 48.8 Å². The molecule has 0 heterocycles. The van der Waals surface area contributed by atoms with Gasteiger partial charge in [0.05, 0.1) is 0 Å². The van der Waals surface area contributed by atoms with Gasteiger partial charge in [0.1, 0.15) is 18.1 Å². The molecule has 0 saturated heterocycles. The fourth-order valence-electron chi connectivity index (χ4n) is 1.42. The van der Waals surface area contributed by atoms with Gasteiger partial charge in [0.2, 0.25) is 0 Å². The van der Waals surface area contributed by atoms with Gasteiger partial charge in [-0.05, 0) is 6.42 Å². The topological polar surface area (TPSA) is 134 Å². The van der Waals surface area contributed by atoms with Gasteiger partial charge < -0.3 is 0 Å². The van der Waals surface area contributed by atoms with E-state index in [0.29, 0.717) is 6.42 Å². The minimum Gasteiger partial charge on any atom is -0.263 e. The lowest BCUT2D eigenvalue weighted by Crippen LogP contribution is -2.39. The summed E-state index contributed by atoms with van der Waals surface area (Å²) in [5, 5.41) is 38.3. The molecule has 0 aromatic rings. The van der Waals surface area contributed by atoms with E-state index in [9.17, 15) is 20.2 Å². The van der Waals surface area contributed by atoms with E-state index in [-0.39, 0.29) is 6.42 Å². The Labute approximate surface area is 91.4 Å². The zero-order valence-electron chi connectivity index (χ0n) is 8.57. The molecule has 0 aromatic carbocycles. The van der Waals surface area contributed by atoms with Gasteiger partial charge in [0.15, 0.2) is 0 Å². The molecule has 0 aliphatic carbocycles. The summed E-state index contributed by atoms with van der Waals surface area (Å²) in [7, 11) is 0.